The van der Waals surface area contributed by atoms with Crippen LogP contribution in [0.4, 0.5) is 0 Å². The Morgan fingerprint density at radius 1 is 0.818 bits per heavy atom. The van der Waals surface area contributed by atoms with Crippen molar-refractivity contribution in [1.82, 2.24) is 5.32 Å². The highest BCUT2D eigenvalue weighted by molar-refractivity contribution is 5.41. The first-order valence-electron chi connectivity index (χ1n) is 7.23. The zero-order valence-electron chi connectivity index (χ0n) is 13.6. The third-order valence-corrected chi connectivity index (χ3v) is 3.74. The highest BCUT2D eigenvalue weighted by atomic mass is 16.5. The van der Waals surface area contributed by atoms with Crippen molar-refractivity contribution in [2.45, 2.75) is 20.0 Å². The molecule has 0 spiro atoms. The lowest BCUT2D eigenvalue weighted by molar-refractivity contribution is 0.389. The number of methoxy groups -OCH3 is 3. The van der Waals surface area contributed by atoms with Gasteiger partial charge in [-0.25, -0.2) is 0 Å². The van der Waals surface area contributed by atoms with Crippen molar-refractivity contribution in [3.8, 4) is 17.2 Å². The van der Waals surface area contributed by atoms with Crippen molar-refractivity contribution in [1.29, 1.82) is 0 Å². The first kappa shape index (κ1) is 16.2. The fourth-order valence-corrected chi connectivity index (χ4v) is 2.40. The molecular formula is C18H23NO3. The SMILES string of the molecule is COc1ccc(CNCc2cccc(OC)c2C)c(OC)c1. The zero-order valence-corrected chi connectivity index (χ0v) is 13.6. The zero-order chi connectivity index (χ0) is 15.9. The minimum absolute atomic E-state index is 0.726. The van der Waals surface area contributed by atoms with Gasteiger partial charge in [0.2, 0.25) is 0 Å². The Kier molecular flexibility index (Phi) is 5.67. The van der Waals surface area contributed by atoms with Gasteiger partial charge >= 0.3 is 0 Å². The molecule has 0 radical (unpaired) electrons. The van der Waals surface area contributed by atoms with Crippen molar-refractivity contribution in [2.75, 3.05) is 21.3 Å². The topological polar surface area (TPSA) is 39.7 Å². The van der Waals surface area contributed by atoms with Crippen LogP contribution in [0.3, 0.4) is 0 Å². The molecule has 0 saturated heterocycles. The molecular weight excluding hydrogens is 278 g/mol. The maximum Gasteiger partial charge on any atom is 0.127 e. The number of benzene rings is 2. The second-order valence-electron chi connectivity index (χ2n) is 5.03. The van der Waals surface area contributed by atoms with Crippen LogP contribution in [-0.4, -0.2) is 21.3 Å². The van der Waals surface area contributed by atoms with E-state index in [2.05, 4.69) is 18.3 Å². The van der Waals surface area contributed by atoms with E-state index in [0.29, 0.717) is 0 Å². The third-order valence-electron chi connectivity index (χ3n) is 3.74. The Bertz CT molecular complexity index is 626. The average molecular weight is 301 g/mol. The molecule has 0 heterocycles. The van der Waals surface area contributed by atoms with E-state index < -0.39 is 0 Å². The summed E-state index contributed by atoms with van der Waals surface area (Å²) in [7, 11) is 5.02. The van der Waals surface area contributed by atoms with E-state index >= 15 is 0 Å². The standard InChI is InChI=1S/C18H23NO3/c1-13-14(6-5-7-17(13)21-3)11-19-12-15-8-9-16(20-2)10-18(15)22-4/h5-10,19H,11-12H2,1-4H3. The van der Waals surface area contributed by atoms with E-state index in [1.54, 1.807) is 21.3 Å². The Morgan fingerprint density at radius 2 is 1.55 bits per heavy atom. The summed E-state index contributed by atoms with van der Waals surface area (Å²) < 4.78 is 16.0. The number of hydrogen-bond acceptors (Lipinski definition) is 4. The molecule has 4 nitrogen and oxygen atoms in total. The lowest BCUT2D eigenvalue weighted by Crippen LogP contribution is -2.14. The van der Waals surface area contributed by atoms with Crippen molar-refractivity contribution < 1.29 is 14.2 Å². The normalized spacial score (nSPS) is 10.4. The summed E-state index contributed by atoms with van der Waals surface area (Å²) in [5.41, 5.74) is 3.50. The van der Waals surface area contributed by atoms with E-state index in [0.717, 1.165) is 35.9 Å². The van der Waals surface area contributed by atoms with Crippen molar-refractivity contribution in [3.63, 3.8) is 0 Å². The van der Waals surface area contributed by atoms with Crippen LogP contribution in [0.2, 0.25) is 0 Å². The molecule has 1 N–H and O–H groups in total. The summed E-state index contributed by atoms with van der Waals surface area (Å²) in [6, 6.07) is 11.9. The van der Waals surface area contributed by atoms with Gasteiger partial charge in [-0.3, -0.25) is 0 Å². The van der Waals surface area contributed by atoms with Gasteiger partial charge in [0.05, 0.1) is 21.3 Å². The van der Waals surface area contributed by atoms with Gasteiger partial charge in [-0.2, -0.15) is 0 Å². The fraction of sp³-hybridized carbons (Fsp3) is 0.333. The number of ether oxygens (including phenoxy) is 3. The maximum atomic E-state index is 5.41. The minimum Gasteiger partial charge on any atom is -0.497 e. The van der Waals surface area contributed by atoms with Crippen LogP contribution in [0.1, 0.15) is 16.7 Å². The maximum absolute atomic E-state index is 5.41. The summed E-state index contributed by atoms with van der Waals surface area (Å²) >= 11 is 0. The van der Waals surface area contributed by atoms with Crippen LogP contribution >= 0.6 is 0 Å². The summed E-state index contributed by atoms with van der Waals surface area (Å²) in [5, 5.41) is 3.45. The van der Waals surface area contributed by atoms with Crippen LogP contribution < -0.4 is 19.5 Å². The number of rotatable bonds is 7. The van der Waals surface area contributed by atoms with E-state index in [1.807, 2.05) is 30.3 Å². The summed E-state index contributed by atoms with van der Waals surface area (Å²) in [4.78, 5) is 0. The Morgan fingerprint density at radius 3 is 2.23 bits per heavy atom. The largest absolute Gasteiger partial charge is 0.497 e. The molecule has 0 bridgehead atoms. The summed E-state index contributed by atoms with van der Waals surface area (Å²) in [5.74, 6) is 2.54. The van der Waals surface area contributed by atoms with Crippen molar-refractivity contribution in [2.24, 2.45) is 0 Å². The molecule has 0 saturated carbocycles. The van der Waals surface area contributed by atoms with Crippen LogP contribution in [0, 0.1) is 6.92 Å². The second kappa shape index (κ2) is 7.71. The van der Waals surface area contributed by atoms with Gasteiger partial charge in [-0.1, -0.05) is 18.2 Å². The highest BCUT2D eigenvalue weighted by Gasteiger charge is 2.07. The predicted molar refractivity (Wildman–Crippen MR) is 87.8 cm³/mol. The predicted octanol–water partition coefficient (Wildman–Crippen LogP) is 3.31. The highest BCUT2D eigenvalue weighted by Crippen LogP contribution is 2.25. The van der Waals surface area contributed by atoms with Gasteiger partial charge in [0, 0.05) is 24.7 Å². The van der Waals surface area contributed by atoms with E-state index in [1.165, 1.54) is 11.1 Å². The molecule has 0 aromatic heterocycles. The van der Waals surface area contributed by atoms with E-state index in [-0.39, 0.29) is 0 Å². The Labute approximate surface area is 132 Å². The quantitative estimate of drug-likeness (QED) is 0.851. The lowest BCUT2D eigenvalue weighted by Gasteiger charge is -2.13. The minimum atomic E-state index is 0.726. The fourth-order valence-electron chi connectivity index (χ4n) is 2.40. The molecule has 0 amide bonds. The molecule has 2 aromatic rings. The van der Waals surface area contributed by atoms with Gasteiger partial charge in [0.1, 0.15) is 17.2 Å². The molecule has 2 aromatic carbocycles. The molecule has 0 aliphatic rings. The molecule has 0 fully saturated rings. The molecule has 4 heteroatoms. The first-order chi connectivity index (χ1) is 10.7. The molecule has 0 aliphatic carbocycles. The van der Waals surface area contributed by atoms with Crippen molar-refractivity contribution in [3.05, 3.63) is 53.1 Å². The molecule has 0 unspecified atom stereocenters. The van der Waals surface area contributed by atoms with Gasteiger partial charge in [-0.15, -0.1) is 0 Å². The van der Waals surface area contributed by atoms with E-state index in [4.69, 9.17) is 14.2 Å². The van der Waals surface area contributed by atoms with Gasteiger partial charge < -0.3 is 19.5 Å². The van der Waals surface area contributed by atoms with Crippen LogP contribution in [0.5, 0.6) is 17.2 Å². The van der Waals surface area contributed by atoms with Gasteiger partial charge in [-0.05, 0) is 30.2 Å². The number of nitrogens with one attached hydrogen (secondary N) is 1. The van der Waals surface area contributed by atoms with Crippen LogP contribution in [0.25, 0.3) is 0 Å². The summed E-state index contributed by atoms with van der Waals surface area (Å²) in [6.07, 6.45) is 0. The first-order valence-corrected chi connectivity index (χ1v) is 7.23. The number of hydrogen-bond donors (Lipinski definition) is 1. The average Bonchev–Trinajstić information content (AvgIpc) is 2.56. The second-order valence-corrected chi connectivity index (χ2v) is 5.03. The Hall–Kier alpha value is -2.20. The summed E-state index contributed by atoms with van der Waals surface area (Å²) in [6.45, 7) is 3.58. The van der Waals surface area contributed by atoms with Gasteiger partial charge in [0.25, 0.3) is 0 Å². The van der Waals surface area contributed by atoms with Crippen LogP contribution in [-0.2, 0) is 13.1 Å². The smallest absolute Gasteiger partial charge is 0.127 e. The van der Waals surface area contributed by atoms with Crippen LogP contribution in [0.15, 0.2) is 36.4 Å². The molecule has 2 rings (SSSR count). The molecule has 118 valence electrons. The molecule has 22 heavy (non-hydrogen) atoms. The lowest BCUT2D eigenvalue weighted by atomic mass is 10.1. The van der Waals surface area contributed by atoms with Crippen molar-refractivity contribution >= 4 is 0 Å². The molecule has 0 aliphatic heterocycles. The van der Waals surface area contributed by atoms with E-state index in [9.17, 15) is 0 Å². The Balaban J connectivity index is 2.02. The monoisotopic (exact) mass is 301 g/mol. The van der Waals surface area contributed by atoms with Gasteiger partial charge in [0.15, 0.2) is 0 Å². The third kappa shape index (κ3) is 3.71. The molecule has 0 atom stereocenters.